The van der Waals surface area contributed by atoms with Crippen molar-refractivity contribution in [3.05, 3.63) is 170 Å². The van der Waals surface area contributed by atoms with E-state index in [0.29, 0.717) is 0 Å². The van der Waals surface area contributed by atoms with Crippen LogP contribution in [0.5, 0.6) is 0 Å². The van der Waals surface area contributed by atoms with Crippen LogP contribution >= 0.6 is 22.7 Å². The Labute approximate surface area is 297 Å². The second-order valence-corrected chi connectivity index (χ2v) is 15.4. The van der Waals surface area contributed by atoms with Crippen LogP contribution in [0.2, 0.25) is 0 Å². The Morgan fingerprint density at radius 1 is 0.260 bits per heavy atom. The van der Waals surface area contributed by atoms with E-state index in [9.17, 15) is 0 Å². The van der Waals surface area contributed by atoms with Gasteiger partial charge in [0.2, 0.25) is 0 Å². The molecule has 232 valence electrons. The van der Waals surface area contributed by atoms with Crippen molar-refractivity contribution < 1.29 is 0 Å². The van der Waals surface area contributed by atoms with Gasteiger partial charge >= 0.3 is 0 Å². The summed E-state index contributed by atoms with van der Waals surface area (Å²) >= 11 is 3.79. The lowest BCUT2D eigenvalue weighted by Crippen LogP contribution is -1.91. The molecule has 0 amide bonds. The van der Waals surface area contributed by atoms with Gasteiger partial charge in [0.15, 0.2) is 0 Å². The maximum absolute atomic E-state index is 2.44. The molecule has 0 spiro atoms. The summed E-state index contributed by atoms with van der Waals surface area (Å²) in [4.78, 5) is 0. The molecule has 9 aromatic carbocycles. The molecule has 0 fully saturated rings. The molecule has 11 rings (SSSR count). The lowest BCUT2D eigenvalue weighted by molar-refractivity contribution is 1.63. The molecule has 11 aromatic rings. The van der Waals surface area contributed by atoms with E-state index in [4.69, 9.17) is 0 Å². The second-order valence-electron chi connectivity index (χ2n) is 13.2. The summed E-state index contributed by atoms with van der Waals surface area (Å²) in [5.74, 6) is 0. The second kappa shape index (κ2) is 10.9. The number of benzene rings is 9. The molecule has 0 aliphatic heterocycles. The Morgan fingerprint density at radius 3 is 1.58 bits per heavy atom. The molecule has 2 aromatic heterocycles. The third-order valence-electron chi connectivity index (χ3n) is 10.4. The standard InChI is InChI=1S/C48H28S2/c1-2-11-29(12-3-1)46-35-16-4-6-18-37(35)47(38-19-7-5-17-36(38)46)33-14-10-13-30(25-33)31-21-23-43-41(26-31)48-39-28-45-40(27-32(39)22-24-44(48)49-43)34-15-8-9-20-42(34)50-45/h1-28H. The monoisotopic (exact) mass is 668 g/mol. The Morgan fingerprint density at radius 2 is 0.820 bits per heavy atom. The van der Waals surface area contributed by atoms with Crippen molar-refractivity contribution in [3.8, 4) is 33.4 Å². The highest BCUT2D eigenvalue weighted by Crippen LogP contribution is 2.46. The van der Waals surface area contributed by atoms with Gasteiger partial charge in [-0.1, -0.05) is 127 Å². The molecule has 0 bridgehead atoms. The van der Waals surface area contributed by atoms with Gasteiger partial charge < -0.3 is 0 Å². The minimum Gasteiger partial charge on any atom is -0.135 e. The van der Waals surface area contributed by atoms with Crippen LogP contribution in [0, 0.1) is 0 Å². The van der Waals surface area contributed by atoms with Gasteiger partial charge in [-0.25, -0.2) is 0 Å². The van der Waals surface area contributed by atoms with Gasteiger partial charge in [0, 0.05) is 40.3 Å². The smallest absolute Gasteiger partial charge is 0.0362 e. The van der Waals surface area contributed by atoms with Crippen LogP contribution in [-0.2, 0) is 0 Å². The fraction of sp³-hybridized carbons (Fsp3) is 0. The van der Waals surface area contributed by atoms with Crippen LogP contribution in [0.4, 0.5) is 0 Å². The molecule has 0 aliphatic rings. The number of hydrogen-bond acceptors (Lipinski definition) is 2. The molecule has 0 saturated heterocycles. The first-order chi connectivity index (χ1) is 24.8. The molecule has 0 radical (unpaired) electrons. The first-order valence-corrected chi connectivity index (χ1v) is 18.7. The van der Waals surface area contributed by atoms with E-state index in [1.807, 2.05) is 22.7 Å². The zero-order valence-corrected chi connectivity index (χ0v) is 28.6. The summed E-state index contributed by atoms with van der Waals surface area (Å²) in [5, 5.41) is 13.2. The van der Waals surface area contributed by atoms with Crippen LogP contribution in [0.3, 0.4) is 0 Å². The topological polar surface area (TPSA) is 0 Å². The first kappa shape index (κ1) is 28.1. The van der Waals surface area contributed by atoms with E-state index in [1.54, 1.807) is 0 Å². The van der Waals surface area contributed by atoms with Gasteiger partial charge in [0.25, 0.3) is 0 Å². The SMILES string of the molecule is c1ccc(-c2c3ccccc3c(-c3cccc(-c4ccc5sc6ccc7cc8c(cc7c6c5c4)sc4ccccc48)c3)c3ccccc23)cc1. The van der Waals surface area contributed by atoms with E-state index >= 15 is 0 Å². The first-order valence-electron chi connectivity index (χ1n) is 17.1. The largest absolute Gasteiger partial charge is 0.135 e. The zero-order valence-electron chi connectivity index (χ0n) is 27.0. The number of thiophene rings is 2. The van der Waals surface area contributed by atoms with Crippen molar-refractivity contribution in [1.29, 1.82) is 0 Å². The highest BCUT2D eigenvalue weighted by Gasteiger charge is 2.18. The number of hydrogen-bond donors (Lipinski definition) is 0. The molecular formula is C48H28S2. The molecule has 2 heteroatoms. The van der Waals surface area contributed by atoms with Gasteiger partial charge in [-0.2, -0.15) is 0 Å². The van der Waals surface area contributed by atoms with Crippen molar-refractivity contribution >= 4 is 95.3 Å². The third kappa shape index (κ3) is 4.16. The average molecular weight is 669 g/mol. The molecular weight excluding hydrogens is 641 g/mol. The van der Waals surface area contributed by atoms with Gasteiger partial charge in [-0.05, 0) is 108 Å². The predicted octanol–water partition coefficient (Wildman–Crippen LogP) is 14.9. The van der Waals surface area contributed by atoms with E-state index in [-0.39, 0.29) is 0 Å². The van der Waals surface area contributed by atoms with E-state index in [2.05, 4.69) is 170 Å². The Bertz CT molecular complexity index is 3080. The van der Waals surface area contributed by atoms with Crippen molar-refractivity contribution in [1.82, 2.24) is 0 Å². The molecule has 0 unspecified atom stereocenters. The molecule has 0 N–H and O–H groups in total. The average Bonchev–Trinajstić information content (AvgIpc) is 3.74. The third-order valence-corrected chi connectivity index (χ3v) is 12.7. The normalized spacial score (nSPS) is 12.0. The molecule has 0 aliphatic carbocycles. The fourth-order valence-corrected chi connectivity index (χ4v) is 10.4. The molecule has 50 heavy (non-hydrogen) atoms. The summed E-state index contributed by atoms with van der Waals surface area (Å²) in [6.45, 7) is 0. The van der Waals surface area contributed by atoms with Crippen LogP contribution in [-0.4, -0.2) is 0 Å². The number of rotatable bonds is 3. The number of fused-ring (bicyclic) bond motifs is 10. The highest BCUT2D eigenvalue weighted by atomic mass is 32.1. The summed E-state index contributed by atoms with van der Waals surface area (Å²) in [6.07, 6.45) is 0. The van der Waals surface area contributed by atoms with E-state index in [0.717, 1.165) is 0 Å². The van der Waals surface area contributed by atoms with Crippen molar-refractivity contribution in [2.75, 3.05) is 0 Å². The molecule has 0 saturated carbocycles. The highest BCUT2D eigenvalue weighted by molar-refractivity contribution is 7.26. The van der Waals surface area contributed by atoms with E-state index in [1.165, 1.54) is 106 Å². The lowest BCUT2D eigenvalue weighted by Gasteiger charge is -2.18. The van der Waals surface area contributed by atoms with Crippen LogP contribution < -0.4 is 0 Å². The van der Waals surface area contributed by atoms with Gasteiger partial charge in [-0.3, -0.25) is 0 Å². The summed E-state index contributed by atoms with van der Waals surface area (Å²) in [7, 11) is 0. The maximum Gasteiger partial charge on any atom is 0.0362 e. The zero-order chi connectivity index (χ0) is 32.8. The predicted molar refractivity (Wildman–Crippen MR) is 221 cm³/mol. The van der Waals surface area contributed by atoms with Crippen LogP contribution in [0.15, 0.2) is 170 Å². The van der Waals surface area contributed by atoms with Crippen LogP contribution in [0.25, 0.3) is 106 Å². The van der Waals surface area contributed by atoms with Gasteiger partial charge in [-0.15, -0.1) is 22.7 Å². The fourth-order valence-electron chi connectivity index (χ4n) is 8.21. The Balaban J connectivity index is 1.12. The van der Waals surface area contributed by atoms with Gasteiger partial charge in [0.05, 0.1) is 0 Å². The minimum absolute atomic E-state index is 1.23. The molecule has 2 heterocycles. The van der Waals surface area contributed by atoms with Crippen molar-refractivity contribution in [3.63, 3.8) is 0 Å². The van der Waals surface area contributed by atoms with Crippen molar-refractivity contribution in [2.45, 2.75) is 0 Å². The Hall–Kier alpha value is -5.80. The summed E-state index contributed by atoms with van der Waals surface area (Å²) < 4.78 is 5.38. The van der Waals surface area contributed by atoms with E-state index < -0.39 is 0 Å². The molecule has 0 nitrogen and oxygen atoms in total. The van der Waals surface area contributed by atoms with Gasteiger partial charge in [0.1, 0.15) is 0 Å². The summed E-state index contributed by atoms with van der Waals surface area (Å²) in [5.41, 5.74) is 7.55. The minimum atomic E-state index is 1.23. The van der Waals surface area contributed by atoms with Crippen LogP contribution in [0.1, 0.15) is 0 Å². The Kier molecular flexibility index (Phi) is 6.09. The van der Waals surface area contributed by atoms with Crippen molar-refractivity contribution in [2.24, 2.45) is 0 Å². The summed E-state index contributed by atoms with van der Waals surface area (Å²) in [6, 6.07) is 63.1. The maximum atomic E-state index is 2.44. The lowest BCUT2D eigenvalue weighted by atomic mass is 9.85. The quantitative estimate of drug-likeness (QED) is 0.164. The molecule has 0 atom stereocenters.